The minimum absolute atomic E-state index is 0.0581. The number of hydrogen-bond acceptors (Lipinski definition) is 5. The standard InChI is InChI=1S/C12H8ClN3O2S/c13-9-3-7(4-14)1-2-10(9)15-5-8-6-19-11(16-8)12(17)18/h1-3,6,15H,5H2,(H,17,18). The fourth-order valence-electron chi connectivity index (χ4n) is 1.40. The van der Waals surface area contributed by atoms with Crippen molar-refractivity contribution < 1.29 is 9.90 Å². The lowest BCUT2D eigenvalue weighted by atomic mass is 10.2. The number of halogens is 1. The molecule has 0 bridgehead atoms. The maximum absolute atomic E-state index is 10.7. The first kappa shape index (κ1) is 13.3. The molecule has 2 aromatic rings. The second-order valence-electron chi connectivity index (χ2n) is 3.61. The Morgan fingerprint density at radius 3 is 2.95 bits per heavy atom. The van der Waals surface area contributed by atoms with E-state index in [1.165, 1.54) is 0 Å². The van der Waals surface area contributed by atoms with Crippen molar-refractivity contribution in [3.05, 3.63) is 44.9 Å². The van der Waals surface area contributed by atoms with E-state index < -0.39 is 5.97 Å². The zero-order valence-corrected chi connectivity index (χ0v) is 11.1. The van der Waals surface area contributed by atoms with Gasteiger partial charge in [0.1, 0.15) is 0 Å². The van der Waals surface area contributed by atoms with Gasteiger partial charge in [0.05, 0.1) is 34.6 Å². The largest absolute Gasteiger partial charge is 0.476 e. The van der Waals surface area contributed by atoms with Gasteiger partial charge in [-0.25, -0.2) is 9.78 Å². The van der Waals surface area contributed by atoms with E-state index in [2.05, 4.69) is 10.3 Å². The Hall–Kier alpha value is -2.10. The third-order valence-corrected chi connectivity index (χ3v) is 3.48. The van der Waals surface area contributed by atoms with Crippen LogP contribution in [-0.4, -0.2) is 16.1 Å². The van der Waals surface area contributed by atoms with Gasteiger partial charge in [-0.3, -0.25) is 0 Å². The van der Waals surface area contributed by atoms with Crippen molar-refractivity contribution in [2.45, 2.75) is 6.54 Å². The predicted molar refractivity (Wildman–Crippen MR) is 72.6 cm³/mol. The molecule has 2 N–H and O–H groups in total. The number of rotatable bonds is 4. The minimum atomic E-state index is -1.03. The molecule has 2 rings (SSSR count). The van der Waals surface area contributed by atoms with Crippen molar-refractivity contribution in [3.63, 3.8) is 0 Å². The average Bonchev–Trinajstić information content (AvgIpc) is 2.86. The van der Waals surface area contributed by atoms with Crippen LogP contribution < -0.4 is 5.32 Å². The number of carbonyl (C=O) groups is 1. The van der Waals surface area contributed by atoms with E-state index in [9.17, 15) is 4.79 Å². The van der Waals surface area contributed by atoms with Gasteiger partial charge in [-0.1, -0.05) is 11.6 Å². The molecule has 0 saturated heterocycles. The fraction of sp³-hybridized carbons (Fsp3) is 0.0833. The summed E-state index contributed by atoms with van der Waals surface area (Å²) in [6.07, 6.45) is 0. The molecule has 0 spiro atoms. The summed E-state index contributed by atoms with van der Waals surface area (Å²) < 4.78 is 0. The van der Waals surface area contributed by atoms with Gasteiger partial charge in [-0.15, -0.1) is 11.3 Å². The predicted octanol–water partition coefficient (Wildman–Crippen LogP) is 2.98. The lowest BCUT2D eigenvalue weighted by Gasteiger charge is -2.06. The zero-order chi connectivity index (χ0) is 13.8. The number of aromatic carboxylic acids is 1. The van der Waals surface area contributed by atoms with Gasteiger partial charge >= 0.3 is 5.97 Å². The third-order valence-electron chi connectivity index (χ3n) is 2.29. The van der Waals surface area contributed by atoms with Crippen molar-refractivity contribution in [1.29, 1.82) is 5.26 Å². The van der Waals surface area contributed by atoms with Gasteiger partial charge in [0, 0.05) is 5.38 Å². The highest BCUT2D eigenvalue weighted by Gasteiger charge is 2.09. The van der Waals surface area contributed by atoms with Crippen LogP contribution in [-0.2, 0) is 6.54 Å². The molecule has 7 heteroatoms. The number of nitrogens with zero attached hydrogens (tertiary/aromatic N) is 2. The Kier molecular flexibility index (Phi) is 4.00. The number of anilines is 1. The number of nitrogens with one attached hydrogen (secondary N) is 1. The van der Waals surface area contributed by atoms with Gasteiger partial charge in [-0.05, 0) is 18.2 Å². The van der Waals surface area contributed by atoms with Crippen LogP contribution in [0, 0.1) is 11.3 Å². The van der Waals surface area contributed by atoms with E-state index in [-0.39, 0.29) is 5.01 Å². The Labute approximate surface area is 118 Å². The first-order chi connectivity index (χ1) is 9.10. The van der Waals surface area contributed by atoms with Crippen molar-refractivity contribution in [2.75, 3.05) is 5.32 Å². The second kappa shape index (κ2) is 5.69. The summed E-state index contributed by atoms with van der Waals surface area (Å²) in [6.45, 7) is 0.370. The highest BCUT2D eigenvalue weighted by Crippen LogP contribution is 2.23. The molecule has 0 aliphatic rings. The molecule has 0 radical (unpaired) electrons. The Bertz CT molecular complexity index is 663. The normalized spacial score (nSPS) is 9.89. The number of carboxylic acid groups (broad SMARTS) is 1. The van der Waals surface area contributed by atoms with Crippen LogP contribution in [0.15, 0.2) is 23.6 Å². The van der Waals surface area contributed by atoms with E-state index in [1.807, 2.05) is 6.07 Å². The van der Waals surface area contributed by atoms with Crippen molar-refractivity contribution in [2.24, 2.45) is 0 Å². The first-order valence-corrected chi connectivity index (χ1v) is 6.47. The Balaban J connectivity index is 2.06. The number of nitriles is 1. The molecule has 0 aliphatic carbocycles. The molecule has 0 amide bonds. The summed E-state index contributed by atoms with van der Waals surface area (Å²) in [5.74, 6) is -1.03. The molecule has 1 aromatic carbocycles. The lowest BCUT2D eigenvalue weighted by Crippen LogP contribution is -2.02. The molecule has 0 unspecified atom stereocenters. The van der Waals surface area contributed by atoms with E-state index in [4.69, 9.17) is 22.0 Å². The number of carboxylic acids is 1. The molecule has 1 aromatic heterocycles. The quantitative estimate of drug-likeness (QED) is 0.905. The molecular weight excluding hydrogens is 286 g/mol. The van der Waals surface area contributed by atoms with E-state index in [0.717, 1.165) is 11.3 Å². The number of hydrogen-bond donors (Lipinski definition) is 2. The van der Waals surface area contributed by atoms with Gasteiger partial charge in [0.15, 0.2) is 0 Å². The lowest BCUT2D eigenvalue weighted by molar-refractivity contribution is 0.0696. The smallest absolute Gasteiger partial charge is 0.365 e. The van der Waals surface area contributed by atoms with Crippen molar-refractivity contribution in [3.8, 4) is 6.07 Å². The molecule has 0 saturated carbocycles. The van der Waals surface area contributed by atoms with E-state index in [0.29, 0.717) is 28.5 Å². The zero-order valence-electron chi connectivity index (χ0n) is 9.55. The average molecular weight is 294 g/mol. The summed E-state index contributed by atoms with van der Waals surface area (Å²) >= 11 is 7.08. The topological polar surface area (TPSA) is 86.0 Å². The van der Waals surface area contributed by atoms with Crippen LogP contribution in [0.2, 0.25) is 5.02 Å². The maximum atomic E-state index is 10.7. The van der Waals surface area contributed by atoms with Crippen LogP contribution >= 0.6 is 22.9 Å². The SMILES string of the molecule is N#Cc1ccc(NCc2csc(C(=O)O)n2)c(Cl)c1. The second-order valence-corrected chi connectivity index (χ2v) is 4.87. The molecule has 5 nitrogen and oxygen atoms in total. The van der Waals surface area contributed by atoms with Crippen LogP contribution in [0.4, 0.5) is 5.69 Å². The molecule has 1 heterocycles. The number of benzene rings is 1. The van der Waals surface area contributed by atoms with Crippen LogP contribution in [0.25, 0.3) is 0 Å². The third kappa shape index (κ3) is 3.22. The number of thiazole rings is 1. The molecule has 0 atom stereocenters. The first-order valence-electron chi connectivity index (χ1n) is 5.21. The van der Waals surface area contributed by atoms with Crippen LogP contribution in [0.5, 0.6) is 0 Å². The van der Waals surface area contributed by atoms with Gasteiger partial charge in [0.25, 0.3) is 0 Å². The van der Waals surface area contributed by atoms with Crippen LogP contribution in [0.3, 0.4) is 0 Å². The molecule has 0 aliphatic heterocycles. The van der Waals surface area contributed by atoms with Crippen molar-refractivity contribution in [1.82, 2.24) is 4.98 Å². The molecule has 0 fully saturated rings. The minimum Gasteiger partial charge on any atom is -0.476 e. The Morgan fingerprint density at radius 2 is 2.37 bits per heavy atom. The molecular formula is C12H8ClN3O2S. The van der Waals surface area contributed by atoms with Crippen LogP contribution in [0.1, 0.15) is 21.1 Å². The Morgan fingerprint density at radius 1 is 1.58 bits per heavy atom. The number of aromatic nitrogens is 1. The fourth-order valence-corrected chi connectivity index (χ4v) is 2.30. The van der Waals surface area contributed by atoms with Gasteiger partial charge < -0.3 is 10.4 Å². The maximum Gasteiger partial charge on any atom is 0.365 e. The molecule has 96 valence electrons. The summed E-state index contributed by atoms with van der Waals surface area (Å²) in [5.41, 5.74) is 1.78. The summed E-state index contributed by atoms with van der Waals surface area (Å²) in [7, 11) is 0. The monoisotopic (exact) mass is 293 g/mol. The van der Waals surface area contributed by atoms with E-state index in [1.54, 1.807) is 23.6 Å². The summed E-state index contributed by atoms with van der Waals surface area (Å²) in [5, 5.41) is 22.7. The highest BCUT2D eigenvalue weighted by molar-refractivity contribution is 7.11. The summed E-state index contributed by atoms with van der Waals surface area (Å²) in [6, 6.07) is 6.91. The molecule has 19 heavy (non-hydrogen) atoms. The van der Waals surface area contributed by atoms with Gasteiger partial charge in [-0.2, -0.15) is 5.26 Å². The van der Waals surface area contributed by atoms with E-state index >= 15 is 0 Å². The van der Waals surface area contributed by atoms with Gasteiger partial charge in [0.2, 0.25) is 5.01 Å². The highest BCUT2D eigenvalue weighted by atomic mass is 35.5. The van der Waals surface area contributed by atoms with Crippen molar-refractivity contribution >= 4 is 34.6 Å². The summed E-state index contributed by atoms with van der Waals surface area (Å²) in [4.78, 5) is 14.6.